The normalized spacial score (nSPS) is 17.5. The number of fused-ring (bicyclic) bond motifs is 3. The van der Waals surface area contributed by atoms with E-state index in [1.54, 1.807) is 10.5 Å². The third-order valence-electron chi connectivity index (χ3n) is 8.34. The van der Waals surface area contributed by atoms with Gasteiger partial charge in [-0.05, 0) is 59.0 Å². The van der Waals surface area contributed by atoms with E-state index in [-0.39, 0.29) is 53.3 Å². The molecule has 3 aromatic heterocycles. The molecule has 0 spiro atoms. The van der Waals surface area contributed by atoms with Crippen molar-refractivity contribution in [3.63, 3.8) is 0 Å². The molecular formula is C31H29F4IN5O2P. The van der Waals surface area contributed by atoms with Gasteiger partial charge in [-0.25, -0.2) is 13.8 Å². The molecule has 0 radical (unpaired) electrons. The summed E-state index contributed by atoms with van der Waals surface area (Å²) in [5, 5.41) is 4.65. The molecule has 4 aromatic rings. The third-order valence-corrected chi connectivity index (χ3v) is 10.2. The van der Waals surface area contributed by atoms with Crippen molar-refractivity contribution < 1.29 is 22.3 Å². The number of nitrogens with zero attached hydrogens (tertiary/aromatic N) is 5. The molecular weight excluding hydrogens is 708 g/mol. The third kappa shape index (κ3) is 5.13. The van der Waals surface area contributed by atoms with Crippen LogP contribution in [0.4, 0.5) is 23.2 Å². The number of benzene rings is 1. The highest BCUT2D eigenvalue weighted by atomic mass is 127. The molecule has 0 bridgehead atoms. The minimum atomic E-state index is -4.83. The zero-order valence-electron chi connectivity index (χ0n) is 23.8. The Morgan fingerprint density at radius 2 is 2.05 bits per heavy atom. The zero-order chi connectivity index (χ0) is 31.3. The summed E-state index contributed by atoms with van der Waals surface area (Å²) in [5.41, 5.74) is -1.26. The number of alkyl halides is 3. The van der Waals surface area contributed by atoms with E-state index in [2.05, 4.69) is 50.2 Å². The average Bonchev–Trinajstić information content (AvgIpc) is 3.15. The van der Waals surface area contributed by atoms with Gasteiger partial charge in [0.2, 0.25) is 5.88 Å². The number of aromatic nitrogens is 4. The van der Waals surface area contributed by atoms with Gasteiger partial charge in [0.15, 0.2) is 5.82 Å². The van der Waals surface area contributed by atoms with Gasteiger partial charge in [0.25, 0.3) is 5.56 Å². The Morgan fingerprint density at radius 1 is 1.25 bits per heavy atom. The molecule has 0 amide bonds. The van der Waals surface area contributed by atoms with Gasteiger partial charge >= 0.3 is 6.18 Å². The summed E-state index contributed by atoms with van der Waals surface area (Å²) >= 11 is 2.09. The van der Waals surface area contributed by atoms with Crippen molar-refractivity contribution in [3.8, 4) is 17.1 Å². The number of rotatable bonds is 6. The molecule has 1 fully saturated rings. The van der Waals surface area contributed by atoms with E-state index >= 15 is 4.39 Å². The van der Waals surface area contributed by atoms with Gasteiger partial charge in [-0.15, -0.1) is 0 Å². The van der Waals surface area contributed by atoms with E-state index in [9.17, 15) is 18.0 Å². The van der Waals surface area contributed by atoms with Crippen molar-refractivity contribution in [1.29, 1.82) is 0 Å². The molecule has 2 aliphatic rings. The van der Waals surface area contributed by atoms with E-state index < -0.39 is 34.4 Å². The van der Waals surface area contributed by atoms with E-state index in [4.69, 9.17) is 4.74 Å². The maximum atomic E-state index is 17.3. The molecule has 1 saturated heterocycles. The number of anilines is 1. The summed E-state index contributed by atoms with van der Waals surface area (Å²) in [7, 11) is 0. The number of pyridine rings is 2. The van der Waals surface area contributed by atoms with Crippen molar-refractivity contribution in [2.75, 3.05) is 18.1 Å². The molecule has 0 N–H and O–H groups in total. The number of halogens is 5. The number of allylic oxidation sites excluding steroid dienone is 4. The second kappa shape index (κ2) is 11.9. The molecule has 0 aliphatic carbocycles. The molecule has 0 saturated carbocycles. The van der Waals surface area contributed by atoms with E-state index in [1.165, 1.54) is 42.0 Å². The van der Waals surface area contributed by atoms with Crippen LogP contribution in [0.1, 0.15) is 36.8 Å². The van der Waals surface area contributed by atoms with Crippen LogP contribution in [0.15, 0.2) is 60.1 Å². The van der Waals surface area contributed by atoms with Crippen molar-refractivity contribution in [3.05, 3.63) is 82.6 Å². The average molecular weight is 737 g/mol. The Labute approximate surface area is 265 Å². The van der Waals surface area contributed by atoms with E-state index in [0.29, 0.717) is 23.3 Å². The number of ether oxygens (including phenoxy) is 1. The number of hydrogen-bond donors (Lipinski definition) is 0. The molecule has 1 aromatic carbocycles. The van der Waals surface area contributed by atoms with Gasteiger partial charge in [0, 0.05) is 23.6 Å². The molecule has 44 heavy (non-hydrogen) atoms. The SMILES string of the molecule is C=C/C=C(\C=C)Cn1c(=O)cc2c3c(nc(-c4c(C(F)(F)F)c(C)cc5c4cnn5PI)c(F)c31)OCC1CCCCCN21. The number of hydrogen-bond acceptors (Lipinski definition) is 5. The molecule has 230 valence electrons. The molecule has 13 heteroatoms. The molecule has 5 heterocycles. The van der Waals surface area contributed by atoms with E-state index in [0.717, 1.165) is 25.7 Å². The van der Waals surface area contributed by atoms with Gasteiger partial charge in [-0.1, -0.05) is 44.2 Å². The fourth-order valence-corrected chi connectivity index (χ4v) is 7.91. The van der Waals surface area contributed by atoms with Crippen LogP contribution in [-0.2, 0) is 12.7 Å². The first-order valence-electron chi connectivity index (χ1n) is 14.1. The van der Waals surface area contributed by atoms with Crippen molar-refractivity contribution >= 4 is 55.9 Å². The van der Waals surface area contributed by atoms with Gasteiger partial charge < -0.3 is 14.2 Å². The van der Waals surface area contributed by atoms with Crippen LogP contribution in [0.2, 0.25) is 0 Å². The largest absolute Gasteiger partial charge is 0.475 e. The predicted octanol–water partition coefficient (Wildman–Crippen LogP) is 8.11. The minimum Gasteiger partial charge on any atom is -0.475 e. The zero-order valence-corrected chi connectivity index (χ0v) is 27.0. The fourth-order valence-electron chi connectivity index (χ4n) is 6.38. The summed E-state index contributed by atoms with van der Waals surface area (Å²) in [6.07, 6.45) is 4.92. The Hall–Kier alpha value is -3.25. The Balaban J connectivity index is 1.77. The Bertz CT molecular complexity index is 1920. The Morgan fingerprint density at radius 3 is 2.75 bits per heavy atom. The molecule has 6 rings (SSSR count). The molecule has 2 atom stereocenters. The van der Waals surface area contributed by atoms with Crippen molar-refractivity contribution in [2.24, 2.45) is 0 Å². The first-order valence-corrected chi connectivity index (χ1v) is 18.2. The van der Waals surface area contributed by atoms with Crippen LogP contribution in [0.3, 0.4) is 0 Å². The van der Waals surface area contributed by atoms with Crippen LogP contribution >= 0.6 is 28.4 Å². The summed E-state index contributed by atoms with van der Waals surface area (Å²) in [6, 6.07) is 2.78. The highest BCUT2D eigenvalue weighted by Crippen LogP contribution is 2.48. The second-order valence-electron chi connectivity index (χ2n) is 11.0. The summed E-state index contributed by atoms with van der Waals surface area (Å²) in [5.74, 6) is -1.05. The highest BCUT2D eigenvalue weighted by molar-refractivity contribution is 14.2. The lowest BCUT2D eigenvalue weighted by molar-refractivity contribution is -0.137. The standard InChI is InChI=1S/C31H29F4IN5O2P/c1-4-9-18(5-2)15-40-23(42)13-22-25-29(40)27(32)28(38-30(25)43-16-19-10-7-6-8-11-39(19)22)24-20-14-37-41(44-36)21(20)12-17(3)26(24)31(33,34)35/h4-5,9,12-14,19,44H,1-2,6-8,10-11,15-16H2,3H3/b18-9+. The maximum Gasteiger partial charge on any atom is 0.417 e. The van der Waals surface area contributed by atoms with E-state index in [1.807, 2.05) is 0 Å². The van der Waals surface area contributed by atoms with Crippen molar-refractivity contribution in [1.82, 2.24) is 19.1 Å². The lowest BCUT2D eigenvalue weighted by Crippen LogP contribution is -2.39. The lowest BCUT2D eigenvalue weighted by Gasteiger charge is -2.30. The quantitative estimate of drug-likeness (QED) is 0.0867. The van der Waals surface area contributed by atoms with Crippen LogP contribution in [-0.4, -0.2) is 38.3 Å². The van der Waals surface area contributed by atoms with Gasteiger partial charge in [0.1, 0.15) is 12.3 Å². The van der Waals surface area contributed by atoms with Gasteiger partial charge in [-0.3, -0.25) is 4.79 Å². The van der Waals surface area contributed by atoms with Gasteiger partial charge in [-0.2, -0.15) is 18.3 Å². The number of aryl methyl sites for hydroxylation is 1. The summed E-state index contributed by atoms with van der Waals surface area (Å²) in [4.78, 5) is 20.4. The highest BCUT2D eigenvalue weighted by Gasteiger charge is 2.40. The topological polar surface area (TPSA) is 65.2 Å². The lowest BCUT2D eigenvalue weighted by atomic mass is 9.94. The predicted molar refractivity (Wildman–Crippen MR) is 176 cm³/mol. The van der Waals surface area contributed by atoms with Crippen molar-refractivity contribution in [2.45, 2.75) is 51.4 Å². The monoisotopic (exact) mass is 737 g/mol. The van der Waals surface area contributed by atoms with Crippen LogP contribution in [0.25, 0.3) is 33.1 Å². The summed E-state index contributed by atoms with van der Waals surface area (Å²) in [6.45, 7) is 9.60. The molecule has 2 unspecified atom stereocenters. The minimum absolute atomic E-state index is 0.00739. The summed E-state index contributed by atoms with van der Waals surface area (Å²) < 4.78 is 70.6. The van der Waals surface area contributed by atoms with Crippen LogP contribution < -0.4 is 15.2 Å². The van der Waals surface area contributed by atoms with Gasteiger partial charge in [0.05, 0.1) is 52.8 Å². The molecule has 2 aliphatic heterocycles. The van der Waals surface area contributed by atoms with Crippen LogP contribution in [0.5, 0.6) is 5.88 Å². The first-order chi connectivity index (χ1) is 21.1. The smallest absolute Gasteiger partial charge is 0.417 e. The maximum absolute atomic E-state index is 17.3. The fraction of sp³-hybridized carbons (Fsp3) is 0.323. The molecule has 7 nitrogen and oxygen atoms in total. The Kier molecular flexibility index (Phi) is 8.34. The first kappa shape index (κ1) is 30.8. The van der Waals surface area contributed by atoms with Crippen LogP contribution in [0, 0.1) is 12.7 Å². The second-order valence-corrected chi connectivity index (χ2v) is 13.0.